The number of fused-ring (bicyclic) bond motifs is 1. The molecule has 27 heavy (non-hydrogen) atoms. The maximum absolute atomic E-state index is 12.8. The molecule has 8 heteroatoms. The third-order valence-electron chi connectivity index (χ3n) is 5.35. The highest BCUT2D eigenvalue weighted by Gasteiger charge is 2.38. The largest absolute Gasteiger partial charge is 0.486 e. The van der Waals surface area contributed by atoms with E-state index in [2.05, 4.69) is 0 Å². The van der Waals surface area contributed by atoms with Crippen molar-refractivity contribution >= 4 is 23.4 Å². The summed E-state index contributed by atoms with van der Waals surface area (Å²) in [4.78, 5) is 41.9. The summed E-state index contributed by atoms with van der Waals surface area (Å²) in [7, 11) is 0. The lowest BCUT2D eigenvalue weighted by Gasteiger charge is -2.35. The van der Waals surface area contributed by atoms with E-state index in [1.54, 1.807) is 33.8 Å². The number of hydrogen-bond acceptors (Lipinski definition) is 5. The number of benzene rings is 1. The van der Waals surface area contributed by atoms with Crippen LogP contribution in [0.4, 0.5) is 5.69 Å². The lowest BCUT2D eigenvalue weighted by molar-refractivity contribution is -0.141. The Balaban J connectivity index is 1.42. The third kappa shape index (κ3) is 3.43. The van der Waals surface area contributed by atoms with Crippen LogP contribution in [0.25, 0.3) is 0 Å². The van der Waals surface area contributed by atoms with Gasteiger partial charge in [-0.25, -0.2) is 0 Å². The molecule has 0 radical (unpaired) electrons. The first-order valence-electron chi connectivity index (χ1n) is 9.27. The summed E-state index contributed by atoms with van der Waals surface area (Å²) >= 11 is 0. The lowest BCUT2D eigenvalue weighted by Crippen LogP contribution is -2.51. The third-order valence-corrected chi connectivity index (χ3v) is 5.35. The highest BCUT2D eigenvalue weighted by molar-refractivity contribution is 6.00. The van der Waals surface area contributed by atoms with Gasteiger partial charge in [0.25, 0.3) is 0 Å². The second kappa shape index (κ2) is 7.09. The van der Waals surface area contributed by atoms with Crippen molar-refractivity contribution < 1.29 is 23.9 Å². The Hall–Kier alpha value is -2.77. The highest BCUT2D eigenvalue weighted by Crippen LogP contribution is 2.36. The molecule has 0 bridgehead atoms. The lowest BCUT2D eigenvalue weighted by atomic mass is 10.1. The summed E-state index contributed by atoms with van der Waals surface area (Å²) in [6.07, 6.45) is 0.209. The second-order valence-corrected chi connectivity index (χ2v) is 7.06. The Morgan fingerprint density at radius 3 is 2.37 bits per heavy atom. The number of piperazine rings is 1. The Labute approximate surface area is 157 Å². The standard InChI is InChI=1S/C19H23N3O5/c1-13(23)20-4-6-21(7-5-20)19(25)14-10-18(24)22(12-14)15-2-3-16-17(11-15)27-9-8-26-16/h2-3,11,14H,4-10,12H2,1H3. The van der Waals surface area contributed by atoms with Crippen molar-refractivity contribution in [3.8, 4) is 11.5 Å². The van der Waals surface area contributed by atoms with Crippen LogP contribution in [0.2, 0.25) is 0 Å². The average Bonchev–Trinajstić information content (AvgIpc) is 3.08. The molecular weight excluding hydrogens is 350 g/mol. The Morgan fingerprint density at radius 1 is 1.00 bits per heavy atom. The van der Waals surface area contributed by atoms with Crippen LogP contribution in [0, 0.1) is 5.92 Å². The molecule has 8 nitrogen and oxygen atoms in total. The molecule has 1 atom stereocenters. The Morgan fingerprint density at radius 2 is 1.67 bits per heavy atom. The van der Waals surface area contributed by atoms with Gasteiger partial charge < -0.3 is 24.2 Å². The van der Waals surface area contributed by atoms with Gasteiger partial charge in [0.1, 0.15) is 13.2 Å². The van der Waals surface area contributed by atoms with E-state index in [4.69, 9.17) is 9.47 Å². The average molecular weight is 373 g/mol. The summed E-state index contributed by atoms with van der Waals surface area (Å²) < 4.78 is 11.1. The Kier molecular flexibility index (Phi) is 4.63. The van der Waals surface area contributed by atoms with Crippen LogP contribution in [0.3, 0.4) is 0 Å². The molecule has 3 amide bonds. The van der Waals surface area contributed by atoms with E-state index in [0.717, 1.165) is 5.69 Å². The first-order valence-corrected chi connectivity index (χ1v) is 9.27. The fourth-order valence-corrected chi connectivity index (χ4v) is 3.82. The zero-order valence-electron chi connectivity index (χ0n) is 15.3. The minimum Gasteiger partial charge on any atom is -0.486 e. The van der Waals surface area contributed by atoms with Crippen molar-refractivity contribution in [2.75, 3.05) is 50.8 Å². The van der Waals surface area contributed by atoms with Crippen molar-refractivity contribution in [1.29, 1.82) is 0 Å². The van der Waals surface area contributed by atoms with Gasteiger partial charge >= 0.3 is 0 Å². The molecule has 1 aromatic carbocycles. The van der Waals surface area contributed by atoms with E-state index >= 15 is 0 Å². The van der Waals surface area contributed by atoms with Gasteiger partial charge in [0.15, 0.2) is 11.5 Å². The van der Waals surface area contributed by atoms with E-state index in [1.807, 2.05) is 6.07 Å². The molecule has 0 N–H and O–H groups in total. The van der Waals surface area contributed by atoms with Gasteiger partial charge in [0.2, 0.25) is 17.7 Å². The molecule has 144 valence electrons. The van der Waals surface area contributed by atoms with Crippen LogP contribution in [0.1, 0.15) is 13.3 Å². The minimum atomic E-state index is -0.352. The second-order valence-electron chi connectivity index (χ2n) is 7.06. The van der Waals surface area contributed by atoms with E-state index in [-0.39, 0.29) is 30.1 Å². The number of anilines is 1. The first kappa shape index (κ1) is 17.6. The predicted octanol–water partition coefficient (Wildman–Crippen LogP) is 0.501. The van der Waals surface area contributed by atoms with Gasteiger partial charge in [-0.2, -0.15) is 0 Å². The van der Waals surface area contributed by atoms with Crippen molar-refractivity contribution in [2.24, 2.45) is 5.92 Å². The highest BCUT2D eigenvalue weighted by atomic mass is 16.6. The summed E-state index contributed by atoms with van der Waals surface area (Å²) in [6, 6.07) is 5.42. The van der Waals surface area contributed by atoms with Crippen LogP contribution >= 0.6 is 0 Å². The topological polar surface area (TPSA) is 79.4 Å². The number of hydrogen-bond donors (Lipinski definition) is 0. The first-order chi connectivity index (χ1) is 13.0. The smallest absolute Gasteiger partial charge is 0.228 e. The molecular formula is C19H23N3O5. The van der Waals surface area contributed by atoms with Gasteiger partial charge in [-0.05, 0) is 12.1 Å². The molecule has 0 saturated carbocycles. The molecule has 3 heterocycles. The number of carbonyl (C=O) groups is 3. The monoisotopic (exact) mass is 373 g/mol. The summed E-state index contributed by atoms with van der Waals surface area (Å²) in [5.41, 5.74) is 0.723. The quantitative estimate of drug-likeness (QED) is 0.754. The summed E-state index contributed by atoms with van der Waals surface area (Å²) in [6.45, 7) is 5.05. The number of amides is 3. The SMILES string of the molecule is CC(=O)N1CCN(C(=O)C2CC(=O)N(c3ccc4c(c3)OCCO4)C2)CC1. The molecule has 0 aliphatic carbocycles. The van der Waals surface area contributed by atoms with E-state index < -0.39 is 0 Å². The summed E-state index contributed by atoms with van der Waals surface area (Å²) in [5.74, 6) is 0.908. The molecule has 0 spiro atoms. The number of nitrogens with zero attached hydrogens (tertiary/aromatic N) is 3. The zero-order chi connectivity index (χ0) is 19.0. The number of ether oxygens (including phenoxy) is 2. The minimum absolute atomic E-state index is 0.00778. The van der Waals surface area contributed by atoms with Crippen molar-refractivity contribution in [3.63, 3.8) is 0 Å². The fraction of sp³-hybridized carbons (Fsp3) is 0.526. The molecule has 4 rings (SSSR count). The van der Waals surface area contributed by atoms with Crippen LogP contribution in [-0.4, -0.2) is 73.5 Å². The van der Waals surface area contributed by atoms with Crippen molar-refractivity contribution in [2.45, 2.75) is 13.3 Å². The molecule has 1 aromatic rings. The van der Waals surface area contributed by atoms with Crippen LogP contribution in [0.5, 0.6) is 11.5 Å². The van der Waals surface area contributed by atoms with Crippen LogP contribution < -0.4 is 14.4 Å². The predicted molar refractivity (Wildman–Crippen MR) is 96.7 cm³/mol. The maximum atomic E-state index is 12.8. The van der Waals surface area contributed by atoms with Gasteiger partial charge in [-0.1, -0.05) is 0 Å². The molecule has 2 fully saturated rings. The van der Waals surface area contributed by atoms with Crippen LogP contribution in [0.15, 0.2) is 18.2 Å². The zero-order valence-corrected chi connectivity index (χ0v) is 15.3. The van der Waals surface area contributed by atoms with E-state index in [1.165, 1.54) is 0 Å². The molecule has 3 aliphatic heterocycles. The molecule has 2 saturated heterocycles. The molecule has 1 unspecified atom stereocenters. The van der Waals surface area contributed by atoms with Crippen LogP contribution in [-0.2, 0) is 14.4 Å². The Bertz CT molecular complexity index is 773. The van der Waals surface area contributed by atoms with Crippen molar-refractivity contribution in [1.82, 2.24) is 9.80 Å². The maximum Gasteiger partial charge on any atom is 0.228 e. The molecule has 0 aromatic heterocycles. The van der Waals surface area contributed by atoms with Gasteiger partial charge in [0, 0.05) is 57.8 Å². The van der Waals surface area contributed by atoms with Gasteiger partial charge in [0.05, 0.1) is 5.92 Å². The summed E-state index contributed by atoms with van der Waals surface area (Å²) in [5, 5.41) is 0. The van der Waals surface area contributed by atoms with Gasteiger partial charge in [-0.15, -0.1) is 0 Å². The van der Waals surface area contributed by atoms with E-state index in [9.17, 15) is 14.4 Å². The van der Waals surface area contributed by atoms with Crippen molar-refractivity contribution in [3.05, 3.63) is 18.2 Å². The number of rotatable bonds is 2. The van der Waals surface area contributed by atoms with Gasteiger partial charge in [-0.3, -0.25) is 14.4 Å². The number of carbonyl (C=O) groups excluding carboxylic acids is 3. The molecule has 3 aliphatic rings. The fourth-order valence-electron chi connectivity index (χ4n) is 3.82. The van der Waals surface area contributed by atoms with E-state index in [0.29, 0.717) is 57.4 Å². The normalized spacial score (nSPS) is 22.2.